The smallest absolute Gasteiger partial charge is 0.0648 e. The second kappa shape index (κ2) is 7.21. The van der Waals surface area contributed by atoms with Crippen LogP contribution in [0.2, 0.25) is 0 Å². The lowest BCUT2D eigenvalue weighted by Gasteiger charge is -2.62. The Morgan fingerprint density at radius 1 is 0.800 bits per heavy atom. The zero-order valence-electron chi connectivity index (χ0n) is 20.3. The molecule has 0 radical (unpaired) electrons. The Morgan fingerprint density at radius 2 is 1.53 bits per heavy atom. The molecule has 30 heavy (non-hydrogen) atoms. The summed E-state index contributed by atoms with van der Waals surface area (Å²) in [7, 11) is 0. The first kappa shape index (κ1) is 21.7. The standard InChI is InChI=1S/C28H48O2/c1-19(10-15-28(30)12-5-13-28)22-8-9-23-21-7-6-20-18-25(2,29)16-17-26(20,3)24(21)11-14-27(22,23)4/h19-24,29-30H,5-18H2,1-4H3/t19-,20+,21+,22-,23+,24+,25+,26+,27-/m1/s1. The van der Waals surface area contributed by atoms with Crippen LogP contribution in [0.5, 0.6) is 0 Å². The molecule has 0 aliphatic heterocycles. The molecule has 5 fully saturated rings. The molecule has 0 aromatic carbocycles. The highest BCUT2D eigenvalue weighted by molar-refractivity contribution is 5.10. The van der Waals surface area contributed by atoms with E-state index in [2.05, 4.69) is 27.7 Å². The first-order chi connectivity index (χ1) is 14.1. The van der Waals surface area contributed by atoms with Gasteiger partial charge in [-0.2, -0.15) is 0 Å². The number of aliphatic hydroxyl groups is 2. The molecule has 0 aromatic rings. The molecule has 2 nitrogen and oxygen atoms in total. The van der Waals surface area contributed by atoms with E-state index in [0.29, 0.717) is 10.8 Å². The minimum absolute atomic E-state index is 0.306. The van der Waals surface area contributed by atoms with E-state index in [1.165, 1.54) is 57.8 Å². The summed E-state index contributed by atoms with van der Waals surface area (Å²) in [6.45, 7) is 9.87. The third-order valence-electron chi connectivity index (χ3n) is 12.1. The molecule has 0 bridgehead atoms. The van der Waals surface area contributed by atoms with Crippen LogP contribution < -0.4 is 0 Å². The highest BCUT2D eigenvalue weighted by Crippen LogP contribution is 2.69. The SMILES string of the molecule is C[C@H](CCC1(O)CCC1)[C@H]1CC[C@H]2[C@@H]3CC[C@H]4C[C@@](C)(O)CC[C@]4(C)[C@H]3CC[C@]12C. The zero-order valence-corrected chi connectivity index (χ0v) is 20.3. The monoisotopic (exact) mass is 416 g/mol. The van der Waals surface area contributed by atoms with Gasteiger partial charge in [-0.3, -0.25) is 0 Å². The van der Waals surface area contributed by atoms with Crippen LogP contribution in [0.4, 0.5) is 0 Å². The van der Waals surface area contributed by atoms with Gasteiger partial charge in [-0.05, 0) is 143 Å². The van der Waals surface area contributed by atoms with Gasteiger partial charge >= 0.3 is 0 Å². The summed E-state index contributed by atoms with van der Waals surface area (Å²) in [5.41, 5.74) is 0.286. The first-order valence-electron chi connectivity index (χ1n) is 13.5. The molecule has 0 heterocycles. The van der Waals surface area contributed by atoms with Gasteiger partial charge in [-0.15, -0.1) is 0 Å². The number of hydrogen-bond acceptors (Lipinski definition) is 2. The maximum Gasteiger partial charge on any atom is 0.0648 e. The Balaban J connectivity index is 1.29. The summed E-state index contributed by atoms with van der Waals surface area (Å²) in [5, 5.41) is 21.3. The van der Waals surface area contributed by atoms with E-state index < -0.39 is 5.60 Å². The van der Waals surface area contributed by atoms with Crippen molar-refractivity contribution in [1.82, 2.24) is 0 Å². The molecule has 0 saturated heterocycles. The molecular formula is C28H48O2. The van der Waals surface area contributed by atoms with Crippen LogP contribution >= 0.6 is 0 Å². The predicted octanol–water partition coefficient (Wildman–Crippen LogP) is 6.73. The Hall–Kier alpha value is -0.0800. The molecule has 9 atom stereocenters. The zero-order chi connectivity index (χ0) is 21.4. The van der Waals surface area contributed by atoms with E-state index in [1.54, 1.807) is 0 Å². The largest absolute Gasteiger partial charge is 0.390 e. The number of rotatable bonds is 4. The highest BCUT2D eigenvalue weighted by atomic mass is 16.3. The summed E-state index contributed by atoms with van der Waals surface area (Å²) < 4.78 is 0. The molecule has 2 N–H and O–H groups in total. The minimum atomic E-state index is -0.418. The van der Waals surface area contributed by atoms with Gasteiger partial charge in [0, 0.05) is 0 Å². The fraction of sp³-hybridized carbons (Fsp3) is 1.00. The van der Waals surface area contributed by atoms with Gasteiger partial charge in [-0.1, -0.05) is 20.8 Å². The lowest BCUT2D eigenvalue weighted by molar-refractivity contribution is -0.148. The molecular weight excluding hydrogens is 368 g/mol. The lowest BCUT2D eigenvalue weighted by Crippen LogP contribution is -2.55. The summed E-state index contributed by atoms with van der Waals surface area (Å²) >= 11 is 0. The van der Waals surface area contributed by atoms with Crippen molar-refractivity contribution in [3.63, 3.8) is 0 Å². The Kier molecular flexibility index (Phi) is 5.23. The van der Waals surface area contributed by atoms with E-state index >= 15 is 0 Å². The second-order valence-electron chi connectivity index (χ2n) is 13.7. The van der Waals surface area contributed by atoms with Crippen LogP contribution in [0.1, 0.15) is 118 Å². The van der Waals surface area contributed by atoms with Crippen molar-refractivity contribution in [3.05, 3.63) is 0 Å². The van der Waals surface area contributed by atoms with Gasteiger partial charge < -0.3 is 10.2 Å². The Morgan fingerprint density at radius 3 is 2.23 bits per heavy atom. The molecule has 0 aromatic heterocycles. The van der Waals surface area contributed by atoms with Gasteiger partial charge in [0.05, 0.1) is 11.2 Å². The maximum atomic E-state index is 10.7. The molecule has 172 valence electrons. The molecule has 0 spiro atoms. The predicted molar refractivity (Wildman–Crippen MR) is 123 cm³/mol. The third kappa shape index (κ3) is 3.33. The van der Waals surface area contributed by atoms with Crippen molar-refractivity contribution in [1.29, 1.82) is 0 Å². The van der Waals surface area contributed by atoms with Crippen molar-refractivity contribution >= 4 is 0 Å². The van der Waals surface area contributed by atoms with Crippen LogP contribution in [0.25, 0.3) is 0 Å². The summed E-state index contributed by atoms with van der Waals surface area (Å²) in [6.07, 6.45) is 17.4. The summed E-state index contributed by atoms with van der Waals surface area (Å²) in [5.74, 6) is 5.13. The van der Waals surface area contributed by atoms with Crippen LogP contribution in [-0.4, -0.2) is 21.4 Å². The molecule has 2 heteroatoms. The van der Waals surface area contributed by atoms with Gasteiger partial charge in [0.2, 0.25) is 0 Å². The molecule has 5 aliphatic rings. The summed E-state index contributed by atoms with van der Waals surface area (Å²) in [6, 6.07) is 0. The van der Waals surface area contributed by atoms with Crippen LogP contribution in [0.15, 0.2) is 0 Å². The average Bonchev–Trinajstić information content (AvgIpc) is 3.02. The van der Waals surface area contributed by atoms with Crippen LogP contribution in [-0.2, 0) is 0 Å². The number of hydrogen-bond donors (Lipinski definition) is 2. The third-order valence-corrected chi connectivity index (χ3v) is 12.1. The highest BCUT2D eigenvalue weighted by Gasteiger charge is 2.61. The van der Waals surface area contributed by atoms with Gasteiger partial charge in [-0.25, -0.2) is 0 Å². The van der Waals surface area contributed by atoms with E-state index in [0.717, 1.165) is 67.6 Å². The topological polar surface area (TPSA) is 40.5 Å². The van der Waals surface area contributed by atoms with E-state index in [4.69, 9.17) is 0 Å². The molecule has 5 saturated carbocycles. The summed E-state index contributed by atoms with van der Waals surface area (Å²) in [4.78, 5) is 0. The van der Waals surface area contributed by atoms with Gasteiger partial charge in [0.25, 0.3) is 0 Å². The fourth-order valence-corrected chi connectivity index (χ4v) is 9.94. The molecule has 5 rings (SSSR count). The van der Waals surface area contributed by atoms with Crippen LogP contribution in [0, 0.1) is 46.3 Å². The van der Waals surface area contributed by atoms with Crippen molar-refractivity contribution in [2.45, 2.75) is 129 Å². The van der Waals surface area contributed by atoms with E-state index in [-0.39, 0.29) is 5.60 Å². The first-order valence-corrected chi connectivity index (χ1v) is 13.5. The van der Waals surface area contributed by atoms with E-state index in [9.17, 15) is 10.2 Å². The fourth-order valence-electron chi connectivity index (χ4n) is 9.94. The minimum Gasteiger partial charge on any atom is -0.390 e. The van der Waals surface area contributed by atoms with Crippen molar-refractivity contribution in [3.8, 4) is 0 Å². The lowest BCUT2D eigenvalue weighted by atomic mass is 9.43. The average molecular weight is 417 g/mol. The normalized spacial score (nSPS) is 53.2. The van der Waals surface area contributed by atoms with Crippen molar-refractivity contribution in [2.75, 3.05) is 0 Å². The number of fused-ring (bicyclic) bond motifs is 5. The van der Waals surface area contributed by atoms with E-state index in [1.807, 2.05) is 0 Å². The molecule has 0 amide bonds. The molecule has 0 unspecified atom stereocenters. The molecule has 5 aliphatic carbocycles. The Labute approximate surface area is 185 Å². The van der Waals surface area contributed by atoms with Gasteiger partial charge in [0.1, 0.15) is 0 Å². The van der Waals surface area contributed by atoms with Crippen molar-refractivity contribution in [2.24, 2.45) is 46.3 Å². The maximum absolute atomic E-state index is 10.7. The van der Waals surface area contributed by atoms with Crippen molar-refractivity contribution < 1.29 is 10.2 Å². The second-order valence-corrected chi connectivity index (χ2v) is 13.7. The Bertz CT molecular complexity index is 651. The van der Waals surface area contributed by atoms with Gasteiger partial charge in [0.15, 0.2) is 0 Å². The quantitative estimate of drug-likeness (QED) is 0.533. The van der Waals surface area contributed by atoms with Crippen LogP contribution in [0.3, 0.4) is 0 Å².